The van der Waals surface area contributed by atoms with Gasteiger partial charge in [-0.1, -0.05) is 46.3 Å². The quantitative estimate of drug-likeness (QED) is 0.749. The summed E-state index contributed by atoms with van der Waals surface area (Å²) in [6.07, 6.45) is 0.738. The van der Waals surface area contributed by atoms with Gasteiger partial charge in [0.1, 0.15) is 5.82 Å². The van der Waals surface area contributed by atoms with E-state index in [1.165, 1.54) is 9.96 Å². The highest BCUT2D eigenvalue weighted by molar-refractivity contribution is 9.09. The maximum absolute atomic E-state index is 11.6. The summed E-state index contributed by atoms with van der Waals surface area (Å²) in [5.74, 6) is 0.643. The molecule has 0 aliphatic rings. The number of hydrogen-bond donors (Lipinski definition) is 1. The van der Waals surface area contributed by atoms with Gasteiger partial charge in [-0.25, -0.2) is 19.3 Å². The molecule has 1 aromatic carbocycles. The Hall–Kier alpha value is -1.95. The van der Waals surface area contributed by atoms with Crippen LogP contribution in [0.25, 0.3) is 5.65 Å². The highest BCUT2D eigenvalue weighted by atomic mass is 79.9. The van der Waals surface area contributed by atoms with E-state index in [1.54, 1.807) is 6.92 Å². The second-order valence-corrected chi connectivity index (χ2v) is 5.70. The number of aromatic nitrogens is 4. The Morgan fingerprint density at radius 2 is 2.10 bits per heavy atom. The predicted molar refractivity (Wildman–Crippen MR) is 80.2 cm³/mol. The summed E-state index contributed by atoms with van der Waals surface area (Å²) in [7, 11) is 0. The van der Waals surface area contributed by atoms with Gasteiger partial charge in [-0.2, -0.15) is 5.10 Å². The third-order valence-corrected chi connectivity index (χ3v) is 4.03. The monoisotopic (exact) mass is 332 g/mol. The minimum atomic E-state index is -0.255. The number of alkyl halides is 1. The van der Waals surface area contributed by atoms with Crippen LogP contribution in [0.4, 0.5) is 0 Å². The zero-order chi connectivity index (χ0) is 14.1. The highest BCUT2D eigenvalue weighted by Crippen LogP contribution is 2.26. The van der Waals surface area contributed by atoms with E-state index in [0.29, 0.717) is 11.5 Å². The van der Waals surface area contributed by atoms with Crippen molar-refractivity contribution in [3.8, 4) is 0 Å². The van der Waals surface area contributed by atoms with Gasteiger partial charge < -0.3 is 0 Å². The second kappa shape index (κ2) is 5.20. The predicted octanol–water partition coefficient (Wildman–Crippen LogP) is 2.40. The normalized spacial score (nSPS) is 12.7. The van der Waals surface area contributed by atoms with Gasteiger partial charge >= 0.3 is 5.69 Å². The molecule has 102 valence electrons. The summed E-state index contributed by atoms with van der Waals surface area (Å²) in [4.78, 5) is 16.2. The van der Waals surface area contributed by atoms with Crippen LogP contribution in [0.15, 0.2) is 41.2 Å². The van der Waals surface area contributed by atoms with E-state index in [0.717, 1.165) is 12.1 Å². The molecule has 0 aliphatic carbocycles. The first-order valence-electron chi connectivity index (χ1n) is 6.28. The maximum atomic E-state index is 11.6. The van der Waals surface area contributed by atoms with Crippen molar-refractivity contribution >= 4 is 21.6 Å². The number of benzene rings is 1. The van der Waals surface area contributed by atoms with E-state index in [1.807, 2.05) is 24.3 Å². The number of rotatable bonds is 3. The number of aromatic amines is 1. The SMILES string of the molecule is Cc1nc(CC(Br)c2ccccc2)cc2n[nH]c(=O)n12. The smallest absolute Gasteiger partial charge is 0.246 e. The number of nitrogens with zero attached hydrogens (tertiary/aromatic N) is 3. The van der Waals surface area contributed by atoms with Crippen molar-refractivity contribution in [2.45, 2.75) is 18.2 Å². The van der Waals surface area contributed by atoms with E-state index >= 15 is 0 Å². The van der Waals surface area contributed by atoms with Crippen LogP contribution in [0.3, 0.4) is 0 Å². The van der Waals surface area contributed by atoms with Crippen molar-refractivity contribution in [3.63, 3.8) is 0 Å². The average Bonchev–Trinajstić information content (AvgIpc) is 2.81. The topological polar surface area (TPSA) is 63.0 Å². The van der Waals surface area contributed by atoms with Gasteiger partial charge in [-0.3, -0.25) is 0 Å². The van der Waals surface area contributed by atoms with E-state index in [2.05, 4.69) is 43.2 Å². The Kier molecular flexibility index (Phi) is 3.40. The number of nitrogens with one attached hydrogen (secondary N) is 1. The van der Waals surface area contributed by atoms with Crippen molar-refractivity contribution in [3.05, 3.63) is 64.0 Å². The van der Waals surface area contributed by atoms with Gasteiger partial charge in [0.25, 0.3) is 0 Å². The molecule has 0 aliphatic heterocycles. The molecule has 3 rings (SSSR count). The first-order chi connectivity index (χ1) is 9.65. The average molecular weight is 333 g/mol. The van der Waals surface area contributed by atoms with E-state index < -0.39 is 0 Å². The van der Waals surface area contributed by atoms with E-state index in [-0.39, 0.29) is 10.5 Å². The van der Waals surface area contributed by atoms with Crippen molar-refractivity contribution < 1.29 is 0 Å². The fourth-order valence-corrected chi connectivity index (χ4v) is 2.86. The molecule has 0 bridgehead atoms. The lowest BCUT2D eigenvalue weighted by atomic mass is 10.1. The van der Waals surface area contributed by atoms with Gasteiger partial charge in [0.2, 0.25) is 0 Å². The fraction of sp³-hybridized carbons (Fsp3) is 0.214. The van der Waals surface area contributed by atoms with Crippen LogP contribution in [-0.2, 0) is 6.42 Å². The van der Waals surface area contributed by atoms with Crippen LogP contribution in [0, 0.1) is 6.92 Å². The van der Waals surface area contributed by atoms with Crippen LogP contribution in [0.1, 0.15) is 21.9 Å². The van der Waals surface area contributed by atoms with Crippen LogP contribution in [-0.4, -0.2) is 19.6 Å². The Bertz CT molecular complexity index is 794. The van der Waals surface area contributed by atoms with E-state index in [4.69, 9.17) is 0 Å². The first kappa shape index (κ1) is 13.1. The third-order valence-electron chi connectivity index (χ3n) is 3.17. The van der Waals surface area contributed by atoms with Gasteiger partial charge in [-0.05, 0) is 12.5 Å². The molecule has 1 atom stereocenters. The van der Waals surface area contributed by atoms with Gasteiger partial charge in [0.15, 0.2) is 5.65 Å². The largest absolute Gasteiger partial charge is 0.349 e. The molecule has 5 nitrogen and oxygen atoms in total. The van der Waals surface area contributed by atoms with Gasteiger partial charge in [0.05, 0.1) is 0 Å². The molecule has 2 aromatic heterocycles. The summed E-state index contributed by atoms with van der Waals surface area (Å²) < 4.78 is 1.47. The molecule has 0 amide bonds. The Morgan fingerprint density at radius 1 is 1.35 bits per heavy atom. The number of fused-ring (bicyclic) bond motifs is 1. The summed E-state index contributed by atoms with van der Waals surface area (Å²) in [5.41, 5.74) is 2.45. The molecule has 1 N–H and O–H groups in total. The Labute approximate surface area is 123 Å². The summed E-state index contributed by atoms with van der Waals surface area (Å²) in [5, 5.41) is 6.43. The molecule has 0 fully saturated rings. The van der Waals surface area contributed by atoms with Crippen molar-refractivity contribution in [1.29, 1.82) is 0 Å². The lowest BCUT2D eigenvalue weighted by molar-refractivity contribution is 0.852. The Morgan fingerprint density at radius 3 is 2.85 bits per heavy atom. The van der Waals surface area contributed by atoms with Crippen molar-refractivity contribution in [2.75, 3.05) is 0 Å². The molecular formula is C14H13BrN4O. The van der Waals surface area contributed by atoms with Gasteiger partial charge in [-0.15, -0.1) is 0 Å². The second-order valence-electron chi connectivity index (χ2n) is 4.60. The summed E-state index contributed by atoms with van der Waals surface area (Å²) in [6, 6.07) is 12.0. The number of aryl methyl sites for hydroxylation is 1. The summed E-state index contributed by atoms with van der Waals surface area (Å²) >= 11 is 3.68. The lowest BCUT2D eigenvalue weighted by Crippen LogP contribution is -2.14. The van der Waals surface area contributed by atoms with Crippen LogP contribution in [0.5, 0.6) is 0 Å². The van der Waals surface area contributed by atoms with Gasteiger partial charge in [0, 0.05) is 23.0 Å². The van der Waals surface area contributed by atoms with E-state index in [9.17, 15) is 4.79 Å². The molecule has 2 heterocycles. The van der Waals surface area contributed by atoms with Crippen molar-refractivity contribution in [1.82, 2.24) is 19.6 Å². The maximum Gasteiger partial charge on any atom is 0.349 e. The van der Waals surface area contributed by atoms with Crippen LogP contribution >= 0.6 is 15.9 Å². The molecule has 20 heavy (non-hydrogen) atoms. The molecule has 1 unspecified atom stereocenters. The van der Waals surface area contributed by atoms with Crippen LogP contribution in [0.2, 0.25) is 0 Å². The fourth-order valence-electron chi connectivity index (χ4n) is 2.23. The molecule has 0 saturated carbocycles. The number of halogens is 1. The third kappa shape index (κ3) is 2.38. The molecule has 6 heteroatoms. The zero-order valence-corrected chi connectivity index (χ0v) is 12.5. The standard InChI is InChI=1S/C14H13BrN4O/c1-9-16-11(8-13-17-18-14(20)19(9)13)7-12(15)10-5-3-2-4-6-10/h2-6,8,12H,7H2,1H3,(H,18,20). The number of H-pyrrole nitrogens is 1. The zero-order valence-electron chi connectivity index (χ0n) is 10.9. The molecule has 3 aromatic rings. The first-order valence-corrected chi connectivity index (χ1v) is 7.19. The number of hydrogen-bond acceptors (Lipinski definition) is 3. The minimum Gasteiger partial charge on any atom is -0.246 e. The molecule has 0 saturated heterocycles. The summed E-state index contributed by atoms with van der Waals surface area (Å²) in [6.45, 7) is 1.80. The minimum absolute atomic E-state index is 0.184. The Balaban J connectivity index is 1.93. The lowest BCUT2D eigenvalue weighted by Gasteiger charge is -2.10. The molecule has 0 radical (unpaired) electrons. The molecule has 0 spiro atoms. The van der Waals surface area contributed by atoms with Crippen LogP contribution < -0.4 is 5.69 Å². The van der Waals surface area contributed by atoms with Crippen molar-refractivity contribution in [2.24, 2.45) is 0 Å². The molecular weight excluding hydrogens is 320 g/mol. The highest BCUT2D eigenvalue weighted by Gasteiger charge is 2.12.